The maximum Gasteiger partial charge on any atom is 0.406 e. The number of nitrogen functional groups attached to an aromatic ring is 1. The Balaban J connectivity index is 2.25. The average molecular weight is 306 g/mol. The van der Waals surface area contributed by atoms with E-state index in [1.807, 2.05) is 6.92 Å². The first kappa shape index (κ1) is 15.5. The van der Waals surface area contributed by atoms with Crippen molar-refractivity contribution in [2.24, 2.45) is 5.84 Å². The van der Waals surface area contributed by atoms with E-state index in [9.17, 15) is 13.2 Å². The van der Waals surface area contributed by atoms with Crippen LogP contribution in [0.4, 0.5) is 25.1 Å². The summed E-state index contributed by atoms with van der Waals surface area (Å²) in [5.41, 5.74) is 2.21. The minimum atomic E-state index is -4.34. The minimum absolute atomic E-state index is 0.0288. The smallest absolute Gasteiger partial charge is 0.406 e. The maximum absolute atomic E-state index is 12.7. The van der Waals surface area contributed by atoms with Gasteiger partial charge in [0, 0.05) is 6.04 Å². The summed E-state index contributed by atoms with van der Waals surface area (Å²) in [7, 11) is 0. The molecule has 21 heavy (non-hydrogen) atoms. The Bertz CT molecular complexity index is 480. The van der Waals surface area contributed by atoms with Crippen molar-refractivity contribution in [1.82, 2.24) is 15.0 Å². The molecule has 0 aliphatic heterocycles. The minimum Gasteiger partial charge on any atom is -0.463 e. The lowest BCUT2D eigenvalue weighted by atomic mass is 10.5. The predicted molar refractivity (Wildman–Crippen MR) is 69.8 cm³/mol. The summed E-state index contributed by atoms with van der Waals surface area (Å²) in [6.07, 6.45) is -2.26. The first-order valence-electron chi connectivity index (χ1n) is 6.62. The van der Waals surface area contributed by atoms with Gasteiger partial charge < -0.3 is 9.64 Å². The fourth-order valence-electron chi connectivity index (χ4n) is 1.74. The van der Waals surface area contributed by atoms with Gasteiger partial charge in [0.1, 0.15) is 6.54 Å². The number of aromatic nitrogens is 3. The standard InChI is InChI=1S/C11H17F3N6O/c1-2-5-21-10-17-8(19-15)16-9(18-10)20(7-3-4-7)6-11(12,13)14/h7H,2-6,15H2,1H3,(H,16,17,18,19). The molecule has 1 heterocycles. The molecule has 118 valence electrons. The van der Waals surface area contributed by atoms with Crippen molar-refractivity contribution in [2.75, 3.05) is 23.5 Å². The van der Waals surface area contributed by atoms with E-state index in [0.29, 0.717) is 19.4 Å². The zero-order chi connectivity index (χ0) is 15.5. The van der Waals surface area contributed by atoms with Gasteiger partial charge >= 0.3 is 12.2 Å². The molecule has 0 amide bonds. The van der Waals surface area contributed by atoms with Crippen LogP contribution in [0.2, 0.25) is 0 Å². The number of nitrogens with zero attached hydrogens (tertiary/aromatic N) is 4. The highest BCUT2D eigenvalue weighted by Crippen LogP contribution is 2.33. The van der Waals surface area contributed by atoms with Crippen LogP contribution in [0.1, 0.15) is 26.2 Å². The van der Waals surface area contributed by atoms with Gasteiger partial charge in [-0.15, -0.1) is 0 Å². The second kappa shape index (κ2) is 6.29. The molecule has 1 fully saturated rings. The lowest BCUT2D eigenvalue weighted by Gasteiger charge is -2.24. The lowest BCUT2D eigenvalue weighted by molar-refractivity contribution is -0.120. The van der Waals surface area contributed by atoms with Gasteiger partial charge in [0.2, 0.25) is 11.9 Å². The molecule has 0 spiro atoms. The van der Waals surface area contributed by atoms with Crippen molar-refractivity contribution < 1.29 is 17.9 Å². The zero-order valence-electron chi connectivity index (χ0n) is 11.5. The molecule has 1 aromatic rings. The molecule has 1 aliphatic rings. The van der Waals surface area contributed by atoms with Crippen molar-refractivity contribution in [3.8, 4) is 6.01 Å². The molecule has 1 saturated carbocycles. The van der Waals surface area contributed by atoms with Crippen molar-refractivity contribution in [1.29, 1.82) is 0 Å². The van der Waals surface area contributed by atoms with E-state index >= 15 is 0 Å². The van der Waals surface area contributed by atoms with Crippen molar-refractivity contribution >= 4 is 11.9 Å². The van der Waals surface area contributed by atoms with Crippen LogP contribution in [0.25, 0.3) is 0 Å². The van der Waals surface area contributed by atoms with Gasteiger partial charge in [-0.05, 0) is 19.3 Å². The summed E-state index contributed by atoms with van der Waals surface area (Å²) in [5.74, 6) is 5.13. The monoisotopic (exact) mass is 306 g/mol. The molecule has 0 unspecified atom stereocenters. The molecule has 0 radical (unpaired) electrons. The summed E-state index contributed by atoms with van der Waals surface area (Å²) >= 11 is 0. The molecule has 0 atom stereocenters. The third kappa shape index (κ3) is 4.59. The van der Waals surface area contributed by atoms with E-state index in [1.54, 1.807) is 0 Å². The molecule has 2 rings (SSSR count). The van der Waals surface area contributed by atoms with E-state index in [0.717, 1.165) is 11.3 Å². The third-order valence-electron chi connectivity index (χ3n) is 2.76. The van der Waals surface area contributed by atoms with Crippen LogP contribution in [-0.2, 0) is 0 Å². The third-order valence-corrected chi connectivity index (χ3v) is 2.76. The van der Waals surface area contributed by atoms with Crippen LogP contribution in [0.3, 0.4) is 0 Å². The van der Waals surface area contributed by atoms with Crippen LogP contribution < -0.4 is 20.9 Å². The average Bonchev–Trinajstić information content (AvgIpc) is 3.25. The van der Waals surface area contributed by atoms with Crippen LogP contribution in [0.5, 0.6) is 6.01 Å². The Morgan fingerprint density at radius 3 is 2.57 bits per heavy atom. The molecule has 10 heteroatoms. The van der Waals surface area contributed by atoms with Gasteiger partial charge in [-0.2, -0.15) is 28.1 Å². The number of nitrogens with one attached hydrogen (secondary N) is 1. The highest BCUT2D eigenvalue weighted by Gasteiger charge is 2.39. The Labute approximate surface area is 119 Å². The second-order valence-electron chi connectivity index (χ2n) is 4.71. The molecule has 0 bridgehead atoms. The van der Waals surface area contributed by atoms with Gasteiger partial charge in [0.15, 0.2) is 0 Å². The van der Waals surface area contributed by atoms with Crippen LogP contribution in [0, 0.1) is 0 Å². The Kier molecular flexibility index (Phi) is 4.66. The molecule has 0 saturated heterocycles. The maximum atomic E-state index is 12.7. The van der Waals surface area contributed by atoms with E-state index in [2.05, 4.69) is 20.4 Å². The van der Waals surface area contributed by atoms with Gasteiger partial charge in [-0.1, -0.05) is 6.92 Å². The Hall–Kier alpha value is -1.84. The van der Waals surface area contributed by atoms with E-state index in [4.69, 9.17) is 10.6 Å². The quantitative estimate of drug-likeness (QED) is 0.582. The van der Waals surface area contributed by atoms with Gasteiger partial charge in [0.05, 0.1) is 6.61 Å². The van der Waals surface area contributed by atoms with Crippen LogP contribution in [-0.4, -0.2) is 40.3 Å². The van der Waals surface area contributed by atoms with Crippen LogP contribution in [0.15, 0.2) is 0 Å². The lowest BCUT2D eigenvalue weighted by Crippen LogP contribution is -2.37. The SMILES string of the molecule is CCCOc1nc(NN)nc(N(CC(F)(F)F)C2CC2)n1. The normalized spacial score (nSPS) is 14.9. The van der Waals surface area contributed by atoms with E-state index in [1.165, 1.54) is 0 Å². The number of hydrogen-bond acceptors (Lipinski definition) is 7. The van der Waals surface area contributed by atoms with Gasteiger partial charge in [0.25, 0.3) is 0 Å². The van der Waals surface area contributed by atoms with Gasteiger partial charge in [-0.25, -0.2) is 5.84 Å². The number of hydrogen-bond donors (Lipinski definition) is 2. The summed E-state index contributed by atoms with van der Waals surface area (Å²) in [5, 5.41) is 0. The molecular weight excluding hydrogens is 289 g/mol. The summed E-state index contributed by atoms with van der Waals surface area (Å²) in [6.45, 7) is 1.14. The number of alkyl halides is 3. The van der Waals surface area contributed by atoms with Gasteiger partial charge in [-0.3, -0.25) is 5.43 Å². The molecule has 3 N–H and O–H groups in total. The van der Waals surface area contributed by atoms with E-state index in [-0.39, 0.29) is 23.9 Å². The zero-order valence-corrected chi connectivity index (χ0v) is 11.5. The first-order chi connectivity index (χ1) is 9.93. The Morgan fingerprint density at radius 2 is 2.05 bits per heavy atom. The fourth-order valence-corrected chi connectivity index (χ4v) is 1.74. The van der Waals surface area contributed by atoms with Crippen LogP contribution >= 0.6 is 0 Å². The predicted octanol–water partition coefficient (Wildman–Crippen LogP) is 1.48. The summed E-state index contributed by atoms with van der Waals surface area (Å²) < 4.78 is 43.3. The van der Waals surface area contributed by atoms with Crippen molar-refractivity contribution in [3.05, 3.63) is 0 Å². The number of anilines is 2. The molecule has 0 aromatic carbocycles. The topological polar surface area (TPSA) is 89.2 Å². The number of halogens is 3. The van der Waals surface area contributed by atoms with E-state index < -0.39 is 12.7 Å². The highest BCUT2D eigenvalue weighted by atomic mass is 19.4. The molecule has 7 nitrogen and oxygen atoms in total. The number of ether oxygens (including phenoxy) is 1. The van der Waals surface area contributed by atoms with Crippen molar-refractivity contribution in [2.45, 2.75) is 38.4 Å². The molecular formula is C11H17F3N6O. The fraction of sp³-hybridized carbons (Fsp3) is 0.727. The summed E-state index contributed by atoms with van der Waals surface area (Å²) in [6, 6.07) is -0.249. The number of hydrazine groups is 1. The summed E-state index contributed by atoms with van der Waals surface area (Å²) in [4.78, 5) is 12.8. The second-order valence-corrected chi connectivity index (χ2v) is 4.71. The Morgan fingerprint density at radius 1 is 1.33 bits per heavy atom. The number of nitrogens with two attached hydrogens (primary N) is 1. The molecule has 1 aromatic heterocycles. The largest absolute Gasteiger partial charge is 0.463 e. The number of rotatable bonds is 7. The molecule has 1 aliphatic carbocycles. The highest BCUT2D eigenvalue weighted by molar-refractivity contribution is 5.40. The first-order valence-corrected chi connectivity index (χ1v) is 6.62. The van der Waals surface area contributed by atoms with Crippen molar-refractivity contribution in [3.63, 3.8) is 0 Å².